The maximum atomic E-state index is 5.70. The fourth-order valence-corrected chi connectivity index (χ4v) is 1.83. The summed E-state index contributed by atoms with van der Waals surface area (Å²) in [6.45, 7) is 4.86. The fourth-order valence-electron chi connectivity index (χ4n) is 1.83. The van der Waals surface area contributed by atoms with Crippen LogP contribution in [0.4, 0.5) is 5.69 Å². The van der Waals surface area contributed by atoms with E-state index in [0.717, 1.165) is 35.6 Å². The molecule has 0 saturated heterocycles. The van der Waals surface area contributed by atoms with Crippen molar-refractivity contribution in [3.05, 3.63) is 42.1 Å². The second-order valence-electron chi connectivity index (χ2n) is 4.31. The molecule has 0 atom stereocenters. The summed E-state index contributed by atoms with van der Waals surface area (Å²) in [5, 5.41) is 0. The van der Waals surface area contributed by atoms with Gasteiger partial charge in [0, 0.05) is 5.56 Å². The van der Waals surface area contributed by atoms with Gasteiger partial charge >= 0.3 is 0 Å². The minimum absolute atomic E-state index is 0.694. The number of rotatable bonds is 4. The first-order valence-electron chi connectivity index (χ1n) is 6.16. The van der Waals surface area contributed by atoms with E-state index in [4.69, 9.17) is 10.5 Å². The molecule has 3 nitrogen and oxygen atoms in total. The molecule has 0 aliphatic heterocycles. The van der Waals surface area contributed by atoms with Crippen LogP contribution in [0.3, 0.4) is 0 Å². The van der Waals surface area contributed by atoms with Crippen molar-refractivity contribution >= 4 is 5.69 Å². The van der Waals surface area contributed by atoms with Crippen molar-refractivity contribution in [3.8, 4) is 17.0 Å². The topological polar surface area (TPSA) is 48.1 Å². The SMILES string of the molecule is CCCOc1ccc(-c2ncc(N)cc2C)cc1. The number of ether oxygens (including phenoxy) is 1. The first-order chi connectivity index (χ1) is 8.70. The number of aromatic nitrogens is 1. The Morgan fingerprint density at radius 3 is 2.56 bits per heavy atom. The fraction of sp³-hybridized carbons (Fsp3) is 0.267. The van der Waals surface area contributed by atoms with Crippen molar-refractivity contribution in [1.29, 1.82) is 0 Å². The number of anilines is 1. The van der Waals surface area contributed by atoms with Crippen LogP contribution in [-0.2, 0) is 0 Å². The quantitative estimate of drug-likeness (QED) is 0.893. The normalized spacial score (nSPS) is 10.3. The molecule has 3 heteroatoms. The molecular weight excluding hydrogens is 224 g/mol. The van der Waals surface area contributed by atoms with Gasteiger partial charge < -0.3 is 10.5 Å². The molecule has 0 aliphatic rings. The molecule has 1 aromatic heterocycles. The number of hydrogen-bond donors (Lipinski definition) is 1. The number of nitrogens with two attached hydrogens (primary N) is 1. The van der Waals surface area contributed by atoms with E-state index in [1.165, 1.54) is 0 Å². The molecule has 1 heterocycles. The van der Waals surface area contributed by atoms with E-state index < -0.39 is 0 Å². The second kappa shape index (κ2) is 5.54. The van der Waals surface area contributed by atoms with Gasteiger partial charge in [-0.25, -0.2) is 0 Å². The minimum Gasteiger partial charge on any atom is -0.494 e. The predicted octanol–water partition coefficient (Wildman–Crippen LogP) is 3.43. The highest BCUT2D eigenvalue weighted by Crippen LogP contribution is 2.24. The monoisotopic (exact) mass is 242 g/mol. The summed E-state index contributed by atoms with van der Waals surface area (Å²) in [7, 11) is 0. The van der Waals surface area contributed by atoms with Gasteiger partial charge in [0.25, 0.3) is 0 Å². The van der Waals surface area contributed by atoms with Crippen molar-refractivity contribution in [2.45, 2.75) is 20.3 Å². The summed E-state index contributed by atoms with van der Waals surface area (Å²) in [4.78, 5) is 4.37. The summed E-state index contributed by atoms with van der Waals surface area (Å²) in [5.41, 5.74) is 9.52. The van der Waals surface area contributed by atoms with Crippen LogP contribution in [0.25, 0.3) is 11.3 Å². The smallest absolute Gasteiger partial charge is 0.119 e. The Morgan fingerprint density at radius 2 is 1.94 bits per heavy atom. The molecule has 0 aliphatic carbocycles. The highest BCUT2D eigenvalue weighted by Gasteiger charge is 2.04. The van der Waals surface area contributed by atoms with E-state index >= 15 is 0 Å². The van der Waals surface area contributed by atoms with E-state index in [1.54, 1.807) is 6.20 Å². The van der Waals surface area contributed by atoms with Crippen molar-refractivity contribution < 1.29 is 4.74 Å². The van der Waals surface area contributed by atoms with Gasteiger partial charge in [-0.2, -0.15) is 0 Å². The van der Waals surface area contributed by atoms with E-state index in [2.05, 4.69) is 11.9 Å². The van der Waals surface area contributed by atoms with Crippen LogP contribution in [0.15, 0.2) is 36.5 Å². The third kappa shape index (κ3) is 2.80. The van der Waals surface area contributed by atoms with Crippen LogP contribution in [0, 0.1) is 6.92 Å². The zero-order chi connectivity index (χ0) is 13.0. The minimum atomic E-state index is 0.694. The number of nitrogens with zero attached hydrogens (tertiary/aromatic N) is 1. The predicted molar refractivity (Wildman–Crippen MR) is 74.6 cm³/mol. The highest BCUT2D eigenvalue weighted by molar-refractivity contribution is 5.65. The summed E-state index contributed by atoms with van der Waals surface area (Å²) < 4.78 is 5.55. The molecule has 0 fully saturated rings. The lowest BCUT2D eigenvalue weighted by atomic mass is 10.1. The molecule has 94 valence electrons. The van der Waals surface area contributed by atoms with Crippen LogP contribution in [0.2, 0.25) is 0 Å². The van der Waals surface area contributed by atoms with Crippen molar-refractivity contribution in [1.82, 2.24) is 4.98 Å². The molecule has 2 N–H and O–H groups in total. The van der Waals surface area contributed by atoms with E-state index in [0.29, 0.717) is 5.69 Å². The van der Waals surface area contributed by atoms with Gasteiger partial charge in [-0.1, -0.05) is 6.92 Å². The van der Waals surface area contributed by atoms with E-state index in [1.807, 2.05) is 37.3 Å². The Balaban J connectivity index is 2.23. The third-order valence-electron chi connectivity index (χ3n) is 2.70. The number of aryl methyl sites for hydroxylation is 1. The Hall–Kier alpha value is -2.03. The van der Waals surface area contributed by atoms with Crippen LogP contribution < -0.4 is 10.5 Å². The lowest BCUT2D eigenvalue weighted by Crippen LogP contribution is -1.95. The maximum absolute atomic E-state index is 5.70. The molecule has 0 radical (unpaired) electrons. The number of pyridine rings is 1. The Bertz CT molecular complexity index is 521. The zero-order valence-corrected chi connectivity index (χ0v) is 10.8. The van der Waals surface area contributed by atoms with Crippen LogP contribution in [0.1, 0.15) is 18.9 Å². The lowest BCUT2D eigenvalue weighted by molar-refractivity contribution is 0.317. The largest absolute Gasteiger partial charge is 0.494 e. The maximum Gasteiger partial charge on any atom is 0.119 e. The molecule has 1 aromatic carbocycles. The number of hydrogen-bond acceptors (Lipinski definition) is 3. The van der Waals surface area contributed by atoms with Gasteiger partial charge in [-0.3, -0.25) is 4.98 Å². The Labute approximate surface area is 108 Å². The lowest BCUT2D eigenvalue weighted by Gasteiger charge is -2.08. The zero-order valence-electron chi connectivity index (χ0n) is 10.8. The average Bonchev–Trinajstić information content (AvgIpc) is 2.37. The van der Waals surface area contributed by atoms with Crippen LogP contribution >= 0.6 is 0 Å². The molecule has 2 rings (SSSR count). The highest BCUT2D eigenvalue weighted by atomic mass is 16.5. The molecule has 0 saturated carbocycles. The van der Waals surface area contributed by atoms with Gasteiger partial charge in [-0.05, 0) is 49.2 Å². The Kier molecular flexibility index (Phi) is 3.82. The summed E-state index contributed by atoms with van der Waals surface area (Å²) in [6, 6.07) is 9.93. The van der Waals surface area contributed by atoms with Gasteiger partial charge in [-0.15, -0.1) is 0 Å². The first-order valence-corrected chi connectivity index (χ1v) is 6.16. The van der Waals surface area contributed by atoms with E-state index in [-0.39, 0.29) is 0 Å². The average molecular weight is 242 g/mol. The number of benzene rings is 1. The standard InChI is InChI=1S/C15H18N2O/c1-3-8-18-14-6-4-12(5-7-14)15-11(2)9-13(16)10-17-15/h4-7,9-10H,3,8,16H2,1-2H3. The van der Waals surface area contributed by atoms with Gasteiger partial charge in [0.05, 0.1) is 24.2 Å². The molecular formula is C15H18N2O. The molecule has 2 aromatic rings. The van der Waals surface area contributed by atoms with Crippen molar-refractivity contribution in [2.24, 2.45) is 0 Å². The Morgan fingerprint density at radius 1 is 1.22 bits per heavy atom. The molecule has 0 bridgehead atoms. The summed E-state index contributed by atoms with van der Waals surface area (Å²) in [6.07, 6.45) is 2.70. The van der Waals surface area contributed by atoms with Gasteiger partial charge in [0.15, 0.2) is 0 Å². The summed E-state index contributed by atoms with van der Waals surface area (Å²) in [5.74, 6) is 0.897. The van der Waals surface area contributed by atoms with Gasteiger partial charge in [0.1, 0.15) is 5.75 Å². The number of nitrogen functional groups attached to an aromatic ring is 1. The molecule has 0 spiro atoms. The molecule has 18 heavy (non-hydrogen) atoms. The molecule has 0 amide bonds. The van der Waals surface area contributed by atoms with Crippen LogP contribution in [0.5, 0.6) is 5.75 Å². The van der Waals surface area contributed by atoms with Crippen LogP contribution in [-0.4, -0.2) is 11.6 Å². The summed E-state index contributed by atoms with van der Waals surface area (Å²) >= 11 is 0. The van der Waals surface area contributed by atoms with Crippen molar-refractivity contribution in [3.63, 3.8) is 0 Å². The van der Waals surface area contributed by atoms with E-state index in [9.17, 15) is 0 Å². The van der Waals surface area contributed by atoms with Gasteiger partial charge in [0.2, 0.25) is 0 Å². The second-order valence-corrected chi connectivity index (χ2v) is 4.31. The first kappa shape index (κ1) is 12.4. The van der Waals surface area contributed by atoms with Crippen molar-refractivity contribution in [2.75, 3.05) is 12.3 Å². The third-order valence-corrected chi connectivity index (χ3v) is 2.70. The molecule has 0 unspecified atom stereocenters.